The summed E-state index contributed by atoms with van der Waals surface area (Å²) in [5.74, 6) is 0. The minimum absolute atomic E-state index is 0.0710. The van der Waals surface area contributed by atoms with Gasteiger partial charge in [0.05, 0.1) is 11.5 Å². The van der Waals surface area contributed by atoms with Crippen LogP contribution in [0, 0.1) is 0 Å². The average Bonchev–Trinajstić information content (AvgIpc) is 2.38. The van der Waals surface area contributed by atoms with E-state index in [0.717, 1.165) is 0 Å². The van der Waals surface area contributed by atoms with Crippen LogP contribution in [-0.4, -0.2) is 42.6 Å². The highest BCUT2D eigenvalue weighted by Gasteiger charge is 2.49. The van der Waals surface area contributed by atoms with Gasteiger partial charge in [-0.2, -0.15) is 3.30 Å². The highest BCUT2D eigenvalue weighted by Crippen LogP contribution is 2.36. The van der Waals surface area contributed by atoms with Gasteiger partial charge >= 0.3 is 0 Å². The number of hydrogen-bond acceptors (Lipinski definition) is 4. The molecule has 0 aromatic carbocycles. The summed E-state index contributed by atoms with van der Waals surface area (Å²) in [6.07, 6.45) is -1.35. The lowest BCUT2D eigenvalue weighted by molar-refractivity contribution is 0.00374. The van der Waals surface area contributed by atoms with Gasteiger partial charge in [-0.05, 0) is 6.92 Å². The van der Waals surface area contributed by atoms with E-state index in [9.17, 15) is 9.67 Å². The van der Waals surface area contributed by atoms with E-state index in [0.29, 0.717) is 0 Å². The van der Waals surface area contributed by atoms with Gasteiger partial charge in [-0.1, -0.05) is 0 Å². The molecule has 2 N–H and O–H groups in total. The normalized spacial score (nSPS) is 43.1. The van der Waals surface area contributed by atoms with Crippen molar-refractivity contribution in [2.75, 3.05) is 6.61 Å². The summed E-state index contributed by atoms with van der Waals surface area (Å²) in [5, 5.41) is 9.82. The summed E-state index contributed by atoms with van der Waals surface area (Å²) in [4.78, 5) is -0.818. The zero-order valence-corrected chi connectivity index (χ0v) is 12.3. The summed E-state index contributed by atoms with van der Waals surface area (Å²) in [7, 11) is -0.453. The molecule has 9 heteroatoms. The number of hydrogen-bond donors (Lipinski definition) is 2. The third-order valence-electron chi connectivity index (χ3n) is 2.56. The van der Waals surface area contributed by atoms with Crippen molar-refractivity contribution < 1.29 is 18.9 Å². The third kappa shape index (κ3) is 3.31. The molecule has 0 aliphatic carbocycles. The molecule has 5 atom stereocenters. The fourth-order valence-electron chi connectivity index (χ4n) is 1.39. The second-order valence-corrected chi connectivity index (χ2v) is 7.09. The van der Waals surface area contributed by atoms with E-state index in [1.54, 1.807) is 37.6 Å². The number of halogens is 2. The Morgan fingerprint density at radius 3 is 2.87 bits per heavy atom. The van der Waals surface area contributed by atoms with Crippen LogP contribution in [-0.2, 0) is 13.8 Å². The van der Waals surface area contributed by atoms with E-state index in [-0.39, 0.29) is 12.6 Å². The van der Waals surface area contributed by atoms with Crippen LogP contribution in [0.25, 0.3) is 0 Å². The molecule has 1 saturated heterocycles. The molecule has 1 aliphatic rings. The Balaban J connectivity index is 2.49. The van der Waals surface area contributed by atoms with Gasteiger partial charge in [0.1, 0.15) is 20.1 Å². The fraction of sp³-hybridized carbons (Fsp3) is 1.00. The number of alkyl halides is 1. The number of ether oxygens (including phenoxy) is 1. The number of aliphatic hydroxyl groups excluding tert-OH is 1. The molecule has 1 aliphatic heterocycles. The largest absolute Gasteiger partial charge is 0.388 e. The van der Waals surface area contributed by atoms with Crippen LogP contribution in [0.2, 0.25) is 0 Å². The molecule has 88 valence electrons. The van der Waals surface area contributed by atoms with Crippen molar-refractivity contribution in [3.05, 3.63) is 0 Å². The molecular formula is C6H13BClINO4P. The highest BCUT2D eigenvalue weighted by molar-refractivity contribution is 14.1. The summed E-state index contributed by atoms with van der Waals surface area (Å²) in [6, 6.07) is -0.266. The Labute approximate surface area is 109 Å². The predicted octanol–water partition coefficient (Wildman–Crippen LogP) is 0.0487. The zero-order valence-electron chi connectivity index (χ0n) is 8.37. The van der Waals surface area contributed by atoms with Crippen molar-refractivity contribution in [3.63, 3.8) is 0 Å². The van der Waals surface area contributed by atoms with Crippen LogP contribution in [0.5, 0.6) is 0 Å². The molecule has 0 spiro atoms. The molecule has 1 heterocycles. The molecule has 0 bridgehead atoms. The molecule has 0 saturated carbocycles. The van der Waals surface area contributed by atoms with Gasteiger partial charge in [0.2, 0.25) is 0 Å². The van der Waals surface area contributed by atoms with Gasteiger partial charge in [-0.15, -0.1) is 11.6 Å². The van der Waals surface area contributed by atoms with Crippen molar-refractivity contribution in [3.8, 4) is 0 Å². The van der Waals surface area contributed by atoms with Gasteiger partial charge in [0, 0.05) is 28.9 Å². The fourth-order valence-corrected chi connectivity index (χ4v) is 2.42. The number of rotatable bonds is 4. The molecule has 5 nitrogen and oxygen atoms in total. The second kappa shape index (κ2) is 5.66. The van der Waals surface area contributed by atoms with E-state index >= 15 is 0 Å². The van der Waals surface area contributed by atoms with Gasteiger partial charge < -0.3 is 14.4 Å². The molecule has 1 fully saturated rings. The predicted molar refractivity (Wildman–Crippen MR) is 69.6 cm³/mol. The van der Waals surface area contributed by atoms with Crippen molar-refractivity contribution in [1.82, 2.24) is 3.30 Å². The Hall–Kier alpha value is 1.15. The molecule has 0 aromatic rings. The first-order chi connectivity index (χ1) is 6.89. The molecular weight excluding hydrogens is 354 g/mol. The number of nitrogens with one attached hydrogen (secondary N) is 1. The SMILES string of the molecule is B[C@@H]1O[C@H](CO[PH](=O)NI)[C@@H](O)[C@@]1(C)Cl. The summed E-state index contributed by atoms with van der Waals surface area (Å²) >= 11 is 7.84. The minimum Gasteiger partial charge on any atom is -0.388 e. The van der Waals surface area contributed by atoms with Crippen LogP contribution in [0.1, 0.15) is 6.92 Å². The first-order valence-electron chi connectivity index (χ1n) is 4.45. The smallest absolute Gasteiger partial charge is 0.266 e. The monoisotopic (exact) mass is 367 g/mol. The van der Waals surface area contributed by atoms with Crippen molar-refractivity contribution in [2.24, 2.45) is 0 Å². The maximum absolute atomic E-state index is 11.0. The Morgan fingerprint density at radius 1 is 1.87 bits per heavy atom. The van der Waals surface area contributed by atoms with Crippen LogP contribution >= 0.6 is 42.6 Å². The molecule has 15 heavy (non-hydrogen) atoms. The summed E-state index contributed by atoms with van der Waals surface area (Å²) < 4.78 is 23.8. The van der Waals surface area contributed by atoms with E-state index in [4.69, 9.17) is 20.9 Å². The van der Waals surface area contributed by atoms with Gasteiger partial charge in [-0.3, -0.25) is 4.57 Å². The quantitative estimate of drug-likeness (QED) is 0.242. The third-order valence-corrected chi connectivity index (χ3v) is 5.00. The van der Waals surface area contributed by atoms with Gasteiger partial charge in [0.25, 0.3) is 8.18 Å². The summed E-state index contributed by atoms with van der Waals surface area (Å²) in [5.41, 5.74) is 0. The van der Waals surface area contributed by atoms with Crippen molar-refractivity contribution in [1.29, 1.82) is 0 Å². The second-order valence-electron chi connectivity index (χ2n) is 3.61. The van der Waals surface area contributed by atoms with E-state index in [1.807, 2.05) is 0 Å². The molecule has 0 amide bonds. The molecule has 0 radical (unpaired) electrons. The van der Waals surface area contributed by atoms with E-state index < -0.39 is 25.3 Å². The Morgan fingerprint density at radius 2 is 2.47 bits per heavy atom. The van der Waals surface area contributed by atoms with E-state index in [1.165, 1.54) is 0 Å². The maximum atomic E-state index is 11.0. The topological polar surface area (TPSA) is 67.8 Å². The Bertz CT molecular complexity index is 259. The minimum atomic E-state index is -2.24. The molecule has 1 rings (SSSR count). The summed E-state index contributed by atoms with van der Waals surface area (Å²) in [6.45, 7) is 1.78. The zero-order chi connectivity index (χ0) is 11.6. The first kappa shape index (κ1) is 14.2. The van der Waals surface area contributed by atoms with Crippen LogP contribution in [0.3, 0.4) is 0 Å². The van der Waals surface area contributed by atoms with Crippen LogP contribution in [0.15, 0.2) is 0 Å². The average molecular weight is 367 g/mol. The van der Waals surface area contributed by atoms with E-state index in [2.05, 4.69) is 3.30 Å². The number of aliphatic hydroxyl groups is 1. The van der Waals surface area contributed by atoms with Crippen molar-refractivity contribution in [2.45, 2.75) is 30.0 Å². The van der Waals surface area contributed by atoms with Crippen LogP contribution in [0.4, 0.5) is 0 Å². The maximum Gasteiger partial charge on any atom is 0.266 e. The Kier molecular flexibility index (Phi) is 5.37. The highest BCUT2D eigenvalue weighted by atomic mass is 127. The first-order valence-corrected chi connectivity index (χ1v) is 7.22. The molecule has 0 aromatic heterocycles. The lowest BCUT2D eigenvalue weighted by atomic mass is 9.85. The van der Waals surface area contributed by atoms with Crippen LogP contribution < -0.4 is 3.30 Å². The lowest BCUT2D eigenvalue weighted by Crippen LogP contribution is -2.41. The van der Waals surface area contributed by atoms with Gasteiger partial charge in [-0.25, -0.2) is 0 Å². The molecule has 1 unspecified atom stereocenters. The standard InChI is InChI=1S/C6H13BClINO4P/c1-6(8)4(11)3(14-5(6)7)2-13-15(12)10-9/h3-5,11,15H,2,7H2,1H3,(H,10,12)/t3-,4-,5-,6-/m1/s1. The van der Waals surface area contributed by atoms with Gasteiger partial charge in [0.15, 0.2) is 0 Å². The lowest BCUT2D eigenvalue weighted by Gasteiger charge is -2.23. The van der Waals surface area contributed by atoms with Crippen molar-refractivity contribution >= 4 is 50.5 Å².